The fraction of sp³-hybridized carbons (Fsp3) is 0.333. The number of carbonyl (C=O) groups is 1. The molecule has 1 heterocycles. The van der Waals surface area contributed by atoms with Crippen molar-refractivity contribution < 1.29 is 9.53 Å². The van der Waals surface area contributed by atoms with Crippen molar-refractivity contribution in [3.63, 3.8) is 0 Å². The standard InChI is InChI=1S/C21H25N3O2/c1-15(25)17-7-10-20-19(14-17)22-21(24(20)12-11-23(2)3)13-16-5-8-18(26-4)9-6-16/h5-10,14H,11-13H2,1-4H3. The van der Waals surface area contributed by atoms with Crippen LogP contribution in [0.3, 0.4) is 0 Å². The summed E-state index contributed by atoms with van der Waals surface area (Å²) in [6.45, 7) is 3.37. The largest absolute Gasteiger partial charge is 0.497 e. The van der Waals surface area contributed by atoms with E-state index in [9.17, 15) is 4.79 Å². The molecule has 0 aliphatic rings. The Morgan fingerprint density at radius 3 is 2.50 bits per heavy atom. The van der Waals surface area contributed by atoms with Crippen molar-refractivity contribution in [2.45, 2.75) is 19.9 Å². The van der Waals surface area contributed by atoms with Gasteiger partial charge in [-0.15, -0.1) is 0 Å². The zero-order valence-electron chi connectivity index (χ0n) is 15.8. The summed E-state index contributed by atoms with van der Waals surface area (Å²) < 4.78 is 7.49. The van der Waals surface area contributed by atoms with E-state index in [1.807, 2.05) is 30.3 Å². The summed E-state index contributed by atoms with van der Waals surface area (Å²) >= 11 is 0. The third-order valence-electron chi connectivity index (χ3n) is 4.53. The number of ketones is 1. The van der Waals surface area contributed by atoms with Crippen LogP contribution in [0.25, 0.3) is 11.0 Å². The number of aromatic nitrogens is 2. The molecule has 0 unspecified atom stereocenters. The van der Waals surface area contributed by atoms with Gasteiger partial charge in [-0.1, -0.05) is 12.1 Å². The Kier molecular flexibility index (Phi) is 5.38. The molecule has 0 spiro atoms. The first-order valence-electron chi connectivity index (χ1n) is 8.75. The predicted molar refractivity (Wildman–Crippen MR) is 104 cm³/mol. The summed E-state index contributed by atoms with van der Waals surface area (Å²) in [5.74, 6) is 1.92. The van der Waals surface area contributed by atoms with E-state index < -0.39 is 0 Å². The molecule has 0 aliphatic heterocycles. The van der Waals surface area contributed by atoms with Crippen molar-refractivity contribution in [2.75, 3.05) is 27.7 Å². The number of benzene rings is 2. The van der Waals surface area contributed by atoms with E-state index in [4.69, 9.17) is 9.72 Å². The molecule has 3 rings (SSSR count). The van der Waals surface area contributed by atoms with Gasteiger partial charge in [-0.2, -0.15) is 0 Å². The smallest absolute Gasteiger partial charge is 0.159 e. The Hall–Kier alpha value is -2.66. The summed E-state index contributed by atoms with van der Waals surface area (Å²) in [6, 6.07) is 13.8. The number of likely N-dealkylation sites (N-methyl/N-ethyl adjacent to an activating group) is 1. The minimum atomic E-state index is 0.0615. The van der Waals surface area contributed by atoms with Gasteiger partial charge in [-0.05, 0) is 56.9 Å². The lowest BCUT2D eigenvalue weighted by Crippen LogP contribution is -2.19. The molecular formula is C21H25N3O2. The maximum absolute atomic E-state index is 11.7. The van der Waals surface area contributed by atoms with Crippen molar-refractivity contribution in [3.8, 4) is 5.75 Å². The van der Waals surface area contributed by atoms with Gasteiger partial charge in [0.25, 0.3) is 0 Å². The van der Waals surface area contributed by atoms with Crippen molar-refractivity contribution >= 4 is 16.8 Å². The summed E-state index contributed by atoms with van der Waals surface area (Å²) in [5.41, 5.74) is 3.82. The van der Waals surface area contributed by atoms with E-state index in [0.29, 0.717) is 5.56 Å². The average molecular weight is 351 g/mol. The van der Waals surface area contributed by atoms with Gasteiger partial charge in [0.15, 0.2) is 5.78 Å². The number of imidazole rings is 1. The third kappa shape index (κ3) is 3.94. The predicted octanol–water partition coefficient (Wildman–Crippen LogP) is 3.40. The molecule has 5 heteroatoms. The van der Waals surface area contributed by atoms with Gasteiger partial charge in [-0.25, -0.2) is 4.98 Å². The zero-order valence-corrected chi connectivity index (χ0v) is 15.8. The number of rotatable bonds is 7. The van der Waals surface area contributed by atoms with Crippen molar-refractivity contribution in [1.82, 2.24) is 14.5 Å². The Morgan fingerprint density at radius 2 is 1.88 bits per heavy atom. The number of hydrogen-bond acceptors (Lipinski definition) is 4. The molecule has 0 fully saturated rings. The first-order chi connectivity index (χ1) is 12.5. The van der Waals surface area contributed by atoms with Crippen LogP contribution < -0.4 is 4.74 Å². The Balaban J connectivity index is 1.99. The lowest BCUT2D eigenvalue weighted by molar-refractivity contribution is 0.101. The number of nitrogens with zero attached hydrogens (tertiary/aromatic N) is 3. The molecular weight excluding hydrogens is 326 g/mol. The molecule has 0 atom stereocenters. The first kappa shape index (κ1) is 18.1. The maximum atomic E-state index is 11.7. The van der Waals surface area contributed by atoms with Crippen LogP contribution in [0.2, 0.25) is 0 Å². The highest BCUT2D eigenvalue weighted by Crippen LogP contribution is 2.21. The molecule has 1 aromatic heterocycles. The number of Topliss-reactive ketones (excluding diaryl/α,β-unsaturated/α-hetero) is 1. The van der Waals surface area contributed by atoms with Crippen LogP contribution in [0, 0.1) is 0 Å². The van der Waals surface area contributed by atoms with E-state index in [-0.39, 0.29) is 5.78 Å². The second-order valence-electron chi connectivity index (χ2n) is 6.77. The van der Waals surface area contributed by atoms with Crippen LogP contribution in [0.15, 0.2) is 42.5 Å². The van der Waals surface area contributed by atoms with Gasteiger partial charge >= 0.3 is 0 Å². The average Bonchev–Trinajstić information content (AvgIpc) is 2.96. The Morgan fingerprint density at radius 1 is 1.15 bits per heavy atom. The normalized spacial score (nSPS) is 11.3. The molecule has 0 bridgehead atoms. The van der Waals surface area contributed by atoms with E-state index in [1.165, 1.54) is 5.56 Å². The number of ether oxygens (including phenoxy) is 1. The van der Waals surface area contributed by atoms with Crippen LogP contribution in [-0.4, -0.2) is 48.0 Å². The lowest BCUT2D eigenvalue weighted by Gasteiger charge is -2.13. The van der Waals surface area contributed by atoms with Gasteiger partial charge < -0.3 is 14.2 Å². The van der Waals surface area contributed by atoms with Gasteiger partial charge in [0, 0.05) is 25.1 Å². The Bertz CT molecular complexity index is 911. The minimum Gasteiger partial charge on any atom is -0.497 e. The second kappa shape index (κ2) is 7.70. The van der Waals surface area contributed by atoms with Crippen molar-refractivity contribution in [2.24, 2.45) is 0 Å². The number of hydrogen-bond donors (Lipinski definition) is 0. The molecule has 0 N–H and O–H groups in total. The fourth-order valence-corrected chi connectivity index (χ4v) is 3.01. The quantitative estimate of drug-likeness (QED) is 0.612. The zero-order chi connectivity index (χ0) is 18.7. The van der Waals surface area contributed by atoms with E-state index >= 15 is 0 Å². The second-order valence-corrected chi connectivity index (χ2v) is 6.77. The topological polar surface area (TPSA) is 47.4 Å². The number of methoxy groups -OCH3 is 1. The van der Waals surface area contributed by atoms with Crippen LogP contribution in [0.5, 0.6) is 5.75 Å². The third-order valence-corrected chi connectivity index (χ3v) is 4.53. The summed E-state index contributed by atoms with van der Waals surface area (Å²) in [7, 11) is 5.80. The van der Waals surface area contributed by atoms with Crippen LogP contribution in [0.4, 0.5) is 0 Å². The van der Waals surface area contributed by atoms with E-state index in [2.05, 4.69) is 35.7 Å². The number of fused-ring (bicyclic) bond motifs is 1. The molecule has 3 aromatic rings. The van der Waals surface area contributed by atoms with Gasteiger partial charge in [0.1, 0.15) is 11.6 Å². The van der Waals surface area contributed by atoms with Crippen LogP contribution >= 0.6 is 0 Å². The molecule has 0 saturated heterocycles. The molecule has 0 radical (unpaired) electrons. The highest BCUT2D eigenvalue weighted by Gasteiger charge is 2.13. The van der Waals surface area contributed by atoms with Gasteiger partial charge in [-0.3, -0.25) is 4.79 Å². The molecule has 136 valence electrons. The SMILES string of the molecule is COc1ccc(Cc2nc3cc(C(C)=O)ccc3n2CCN(C)C)cc1. The molecule has 5 nitrogen and oxygen atoms in total. The summed E-state index contributed by atoms with van der Waals surface area (Å²) in [5, 5.41) is 0. The van der Waals surface area contributed by atoms with Crippen molar-refractivity contribution in [3.05, 3.63) is 59.4 Å². The summed E-state index contributed by atoms with van der Waals surface area (Å²) in [6.07, 6.45) is 0.738. The molecule has 0 saturated carbocycles. The van der Waals surface area contributed by atoms with Crippen LogP contribution in [0.1, 0.15) is 28.7 Å². The summed E-state index contributed by atoms with van der Waals surface area (Å²) in [4.78, 5) is 18.7. The van der Waals surface area contributed by atoms with E-state index in [1.54, 1.807) is 14.0 Å². The highest BCUT2D eigenvalue weighted by atomic mass is 16.5. The first-order valence-corrected chi connectivity index (χ1v) is 8.75. The van der Waals surface area contributed by atoms with Crippen LogP contribution in [-0.2, 0) is 13.0 Å². The monoisotopic (exact) mass is 351 g/mol. The molecule has 2 aromatic carbocycles. The Labute approximate surface area is 154 Å². The highest BCUT2D eigenvalue weighted by molar-refractivity contribution is 5.97. The lowest BCUT2D eigenvalue weighted by atomic mass is 10.1. The molecule has 0 aliphatic carbocycles. The minimum absolute atomic E-state index is 0.0615. The van der Waals surface area contributed by atoms with Crippen molar-refractivity contribution in [1.29, 1.82) is 0 Å². The van der Waals surface area contributed by atoms with E-state index in [0.717, 1.165) is 42.1 Å². The molecule has 26 heavy (non-hydrogen) atoms. The maximum Gasteiger partial charge on any atom is 0.159 e. The van der Waals surface area contributed by atoms with Gasteiger partial charge in [0.05, 0.1) is 18.1 Å². The number of carbonyl (C=O) groups excluding carboxylic acids is 1. The fourth-order valence-electron chi connectivity index (χ4n) is 3.01. The molecule has 0 amide bonds. The van der Waals surface area contributed by atoms with Gasteiger partial charge in [0.2, 0.25) is 0 Å².